The zero-order valence-electron chi connectivity index (χ0n) is 16.5. The molecule has 1 aromatic heterocycles. The van der Waals surface area contributed by atoms with Gasteiger partial charge in [0.2, 0.25) is 0 Å². The number of aromatic nitrogens is 2. The summed E-state index contributed by atoms with van der Waals surface area (Å²) < 4.78 is 43.3. The van der Waals surface area contributed by atoms with Crippen LogP contribution in [0.4, 0.5) is 5.82 Å². The van der Waals surface area contributed by atoms with Gasteiger partial charge in [-0.25, -0.2) is 13.2 Å². The van der Waals surface area contributed by atoms with Crippen molar-refractivity contribution in [2.24, 2.45) is 0 Å². The fourth-order valence-electron chi connectivity index (χ4n) is 2.85. The maximum absolute atomic E-state index is 12.9. The summed E-state index contributed by atoms with van der Waals surface area (Å²) >= 11 is 0. The van der Waals surface area contributed by atoms with Crippen molar-refractivity contribution in [1.29, 1.82) is 0 Å². The number of benzene rings is 1. The van der Waals surface area contributed by atoms with Gasteiger partial charge >= 0.3 is 5.97 Å². The van der Waals surface area contributed by atoms with E-state index in [4.69, 9.17) is 14.2 Å². The van der Waals surface area contributed by atoms with Crippen LogP contribution in [-0.4, -0.2) is 45.9 Å². The third-order valence-corrected chi connectivity index (χ3v) is 5.65. The summed E-state index contributed by atoms with van der Waals surface area (Å²) in [6.07, 6.45) is 1.95. The van der Waals surface area contributed by atoms with Gasteiger partial charge < -0.3 is 14.2 Å². The van der Waals surface area contributed by atoms with Crippen LogP contribution >= 0.6 is 0 Å². The Morgan fingerprint density at radius 1 is 1.25 bits per heavy atom. The highest BCUT2D eigenvalue weighted by molar-refractivity contribution is 7.92. The minimum absolute atomic E-state index is 0.116. The van der Waals surface area contributed by atoms with Crippen molar-refractivity contribution in [3.05, 3.63) is 29.5 Å². The summed E-state index contributed by atoms with van der Waals surface area (Å²) in [5, 5.41) is 6.87. The quantitative estimate of drug-likeness (QED) is 0.609. The minimum Gasteiger partial charge on any atom is -0.496 e. The van der Waals surface area contributed by atoms with E-state index < -0.39 is 16.0 Å². The molecule has 10 heteroatoms. The molecule has 1 heterocycles. The van der Waals surface area contributed by atoms with Gasteiger partial charge in [-0.1, -0.05) is 20.3 Å². The molecular formula is C18H25N3O6S. The van der Waals surface area contributed by atoms with Crippen LogP contribution < -0.4 is 14.2 Å². The fraction of sp³-hybridized carbons (Fsp3) is 0.444. The molecule has 1 aromatic carbocycles. The Morgan fingerprint density at radius 2 is 1.96 bits per heavy atom. The van der Waals surface area contributed by atoms with Crippen LogP contribution in [0.1, 0.15) is 48.7 Å². The maximum Gasteiger partial charge on any atom is 0.345 e. The fourth-order valence-corrected chi connectivity index (χ4v) is 4.01. The highest BCUT2D eigenvalue weighted by atomic mass is 32.2. The first-order chi connectivity index (χ1) is 13.3. The maximum atomic E-state index is 12.9. The SMILES string of the molecule is CCCC(C)c1cc(NS(=O)(=O)c2ccc(OC)c(C(=O)OC)c2OC)n[nH]1. The predicted octanol–water partition coefficient (Wildman–Crippen LogP) is 2.92. The molecule has 0 aliphatic rings. The Morgan fingerprint density at radius 3 is 2.54 bits per heavy atom. The number of aromatic amines is 1. The molecule has 0 radical (unpaired) electrons. The number of sulfonamides is 1. The second kappa shape index (κ2) is 8.96. The second-order valence-corrected chi connectivity index (χ2v) is 7.82. The normalized spacial score (nSPS) is 12.3. The van der Waals surface area contributed by atoms with E-state index in [-0.39, 0.29) is 33.7 Å². The number of anilines is 1. The molecule has 0 bridgehead atoms. The molecule has 1 unspecified atom stereocenters. The van der Waals surface area contributed by atoms with Crippen LogP contribution in [0.2, 0.25) is 0 Å². The van der Waals surface area contributed by atoms with Gasteiger partial charge in [0.05, 0.1) is 21.3 Å². The van der Waals surface area contributed by atoms with Gasteiger partial charge in [-0.05, 0) is 24.5 Å². The predicted molar refractivity (Wildman–Crippen MR) is 104 cm³/mol. The molecule has 0 fully saturated rings. The monoisotopic (exact) mass is 411 g/mol. The summed E-state index contributed by atoms with van der Waals surface area (Å²) in [4.78, 5) is 11.9. The zero-order chi connectivity index (χ0) is 20.9. The van der Waals surface area contributed by atoms with Crippen molar-refractivity contribution in [1.82, 2.24) is 10.2 Å². The molecule has 154 valence electrons. The van der Waals surface area contributed by atoms with Gasteiger partial charge in [0.25, 0.3) is 10.0 Å². The standard InChI is InChI=1S/C18H25N3O6S/c1-6-7-11(2)12-10-15(20-19-12)21-28(23,24)14-9-8-13(25-3)16(17(14)26-4)18(22)27-5/h8-11H,6-7H2,1-5H3,(H2,19,20,21). The van der Waals surface area contributed by atoms with Gasteiger partial charge in [-0.15, -0.1) is 0 Å². The highest BCUT2D eigenvalue weighted by Gasteiger charge is 2.29. The van der Waals surface area contributed by atoms with Gasteiger partial charge in [0, 0.05) is 11.8 Å². The van der Waals surface area contributed by atoms with Gasteiger partial charge in [-0.2, -0.15) is 5.10 Å². The molecule has 0 aliphatic carbocycles. The molecule has 2 aromatic rings. The Labute approximate surface area is 164 Å². The summed E-state index contributed by atoms with van der Waals surface area (Å²) in [6.45, 7) is 4.11. The largest absolute Gasteiger partial charge is 0.496 e. The highest BCUT2D eigenvalue weighted by Crippen LogP contribution is 2.36. The van der Waals surface area contributed by atoms with Crippen LogP contribution in [0.5, 0.6) is 11.5 Å². The number of hydrogen-bond acceptors (Lipinski definition) is 7. The third-order valence-electron chi connectivity index (χ3n) is 4.28. The molecule has 2 rings (SSSR count). The van der Waals surface area contributed by atoms with Gasteiger partial charge in [0.1, 0.15) is 16.2 Å². The lowest BCUT2D eigenvalue weighted by Gasteiger charge is -2.15. The number of nitrogens with one attached hydrogen (secondary N) is 2. The second-order valence-electron chi connectivity index (χ2n) is 6.17. The van der Waals surface area contributed by atoms with Gasteiger partial charge in [0.15, 0.2) is 11.6 Å². The van der Waals surface area contributed by atoms with Crippen LogP contribution in [0.3, 0.4) is 0 Å². The first-order valence-electron chi connectivity index (χ1n) is 8.70. The first-order valence-corrected chi connectivity index (χ1v) is 10.2. The molecule has 0 saturated carbocycles. The van der Waals surface area contributed by atoms with Crippen molar-refractivity contribution < 1.29 is 27.4 Å². The van der Waals surface area contributed by atoms with Gasteiger partial charge in [-0.3, -0.25) is 9.82 Å². The zero-order valence-corrected chi connectivity index (χ0v) is 17.3. The lowest BCUT2D eigenvalue weighted by atomic mass is 10.0. The lowest BCUT2D eigenvalue weighted by Crippen LogP contribution is -2.17. The van der Waals surface area contributed by atoms with Crippen LogP contribution in [-0.2, 0) is 14.8 Å². The minimum atomic E-state index is -4.09. The summed E-state index contributed by atoms with van der Waals surface area (Å²) in [7, 11) is -0.286. The van der Waals surface area contributed by atoms with E-state index >= 15 is 0 Å². The van der Waals surface area contributed by atoms with Crippen molar-refractivity contribution in [2.75, 3.05) is 26.1 Å². The van der Waals surface area contributed by atoms with Crippen LogP contribution in [0, 0.1) is 0 Å². The summed E-state index contributed by atoms with van der Waals surface area (Å²) in [6, 6.07) is 4.30. The van der Waals surface area contributed by atoms with Crippen LogP contribution in [0.25, 0.3) is 0 Å². The first kappa shape index (κ1) is 21.5. The Kier molecular flexibility index (Phi) is 6.90. The van der Waals surface area contributed by atoms with E-state index in [0.717, 1.165) is 18.5 Å². The number of carbonyl (C=O) groups excluding carboxylic acids is 1. The Balaban J connectivity index is 2.44. The van der Waals surface area contributed by atoms with Crippen molar-refractivity contribution >= 4 is 21.8 Å². The van der Waals surface area contributed by atoms with E-state index in [1.807, 2.05) is 6.92 Å². The number of esters is 1. The van der Waals surface area contributed by atoms with Crippen molar-refractivity contribution in [2.45, 2.75) is 37.5 Å². The van der Waals surface area contributed by atoms with E-state index in [1.54, 1.807) is 6.07 Å². The molecule has 0 amide bonds. The molecule has 0 aliphatic heterocycles. The molecule has 1 atom stereocenters. The van der Waals surface area contributed by atoms with Crippen molar-refractivity contribution in [3.8, 4) is 11.5 Å². The molecule has 2 N–H and O–H groups in total. The number of hydrogen-bond donors (Lipinski definition) is 2. The molecule has 0 spiro atoms. The van der Waals surface area contributed by atoms with Crippen LogP contribution in [0.15, 0.2) is 23.1 Å². The van der Waals surface area contributed by atoms with E-state index in [9.17, 15) is 13.2 Å². The number of carbonyl (C=O) groups is 1. The lowest BCUT2D eigenvalue weighted by molar-refractivity contribution is 0.0592. The molecular weight excluding hydrogens is 386 g/mol. The third kappa shape index (κ3) is 4.38. The molecule has 0 saturated heterocycles. The molecule has 9 nitrogen and oxygen atoms in total. The smallest absolute Gasteiger partial charge is 0.345 e. The summed E-state index contributed by atoms with van der Waals surface area (Å²) in [5.74, 6) is -0.444. The topological polar surface area (TPSA) is 120 Å². The molecule has 28 heavy (non-hydrogen) atoms. The number of ether oxygens (including phenoxy) is 3. The van der Waals surface area contributed by atoms with E-state index in [0.29, 0.717) is 0 Å². The van der Waals surface area contributed by atoms with E-state index in [2.05, 4.69) is 21.8 Å². The Hall–Kier alpha value is -2.75. The Bertz CT molecular complexity index is 939. The van der Waals surface area contributed by atoms with Crippen molar-refractivity contribution in [3.63, 3.8) is 0 Å². The number of H-pyrrole nitrogens is 1. The average molecular weight is 411 g/mol. The number of methoxy groups -OCH3 is 3. The van der Waals surface area contributed by atoms with E-state index in [1.165, 1.54) is 33.5 Å². The number of rotatable bonds is 9. The number of nitrogens with zero attached hydrogens (tertiary/aromatic N) is 1. The summed E-state index contributed by atoms with van der Waals surface area (Å²) in [5.41, 5.74) is 0.714. The average Bonchev–Trinajstić information content (AvgIpc) is 3.14.